The van der Waals surface area contributed by atoms with E-state index in [9.17, 15) is 18.4 Å². The van der Waals surface area contributed by atoms with Gasteiger partial charge in [-0.15, -0.1) is 0 Å². The van der Waals surface area contributed by atoms with Gasteiger partial charge in [-0.1, -0.05) is 19.1 Å². The number of aromatic nitrogens is 2. The first-order valence-corrected chi connectivity index (χ1v) is 8.12. The molecule has 1 unspecified atom stereocenters. The van der Waals surface area contributed by atoms with Gasteiger partial charge < -0.3 is 10.3 Å². The Hall–Kier alpha value is -3.09. The number of carbonyl (C=O) groups excluding carboxylic acids is 1. The van der Waals surface area contributed by atoms with Gasteiger partial charge in [-0.05, 0) is 35.7 Å². The van der Waals surface area contributed by atoms with Gasteiger partial charge in [0.2, 0.25) is 5.91 Å². The molecule has 0 radical (unpaired) electrons. The van der Waals surface area contributed by atoms with E-state index in [1.54, 1.807) is 25.1 Å². The number of hydrogen-bond acceptors (Lipinski definition) is 3. The minimum atomic E-state index is -0.656. The van der Waals surface area contributed by atoms with Crippen LogP contribution in [0.1, 0.15) is 30.4 Å². The van der Waals surface area contributed by atoms with E-state index in [4.69, 9.17) is 0 Å². The number of nitrogens with zero attached hydrogens (tertiary/aromatic N) is 1. The molecule has 0 spiro atoms. The topological polar surface area (TPSA) is 74.8 Å². The van der Waals surface area contributed by atoms with E-state index in [1.165, 1.54) is 24.4 Å². The number of carbonyl (C=O) groups is 1. The van der Waals surface area contributed by atoms with Crippen molar-refractivity contribution in [3.63, 3.8) is 0 Å². The molecule has 2 N–H and O–H groups in total. The molecule has 3 aromatic rings. The Morgan fingerprint density at radius 1 is 1.23 bits per heavy atom. The molecule has 0 bridgehead atoms. The molecule has 1 amide bonds. The monoisotopic (exact) mass is 357 g/mol. The van der Waals surface area contributed by atoms with Gasteiger partial charge in [0.25, 0.3) is 5.56 Å². The van der Waals surface area contributed by atoms with Crippen molar-refractivity contribution in [3.05, 3.63) is 75.7 Å². The SMILES string of the molecule is CC(CC(=O)NCc1ccc2ncc(=O)[nH]c2c1)c1c(F)cccc1F. The first-order chi connectivity index (χ1) is 12.4. The van der Waals surface area contributed by atoms with Crippen molar-refractivity contribution in [2.45, 2.75) is 25.8 Å². The van der Waals surface area contributed by atoms with Crippen molar-refractivity contribution in [3.8, 4) is 0 Å². The molecule has 1 atom stereocenters. The van der Waals surface area contributed by atoms with Crippen LogP contribution in [0.3, 0.4) is 0 Å². The molecule has 2 aromatic carbocycles. The fourth-order valence-corrected chi connectivity index (χ4v) is 2.83. The number of fused-ring (bicyclic) bond motifs is 1. The van der Waals surface area contributed by atoms with Crippen LogP contribution in [0, 0.1) is 11.6 Å². The Morgan fingerprint density at radius 2 is 1.96 bits per heavy atom. The van der Waals surface area contributed by atoms with E-state index in [1.807, 2.05) is 0 Å². The second-order valence-electron chi connectivity index (χ2n) is 6.12. The lowest BCUT2D eigenvalue weighted by Gasteiger charge is -2.14. The molecule has 0 aliphatic rings. The van der Waals surface area contributed by atoms with Crippen LogP contribution in [0.25, 0.3) is 11.0 Å². The Morgan fingerprint density at radius 3 is 2.69 bits per heavy atom. The molecule has 0 aliphatic carbocycles. The number of amides is 1. The molecule has 7 heteroatoms. The smallest absolute Gasteiger partial charge is 0.266 e. The summed E-state index contributed by atoms with van der Waals surface area (Å²) in [5.74, 6) is -2.22. The number of benzene rings is 2. The highest BCUT2D eigenvalue weighted by atomic mass is 19.1. The summed E-state index contributed by atoms with van der Waals surface area (Å²) in [7, 11) is 0. The van der Waals surface area contributed by atoms with Crippen LogP contribution in [-0.2, 0) is 11.3 Å². The normalized spacial score (nSPS) is 12.1. The van der Waals surface area contributed by atoms with Gasteiger partial charge in [0.05, 0.1) is 17.2 Å². The van der Waals surface area contributed by atoms with Gasteiger partial charge in [0.1, 0.15) is 11.6 Å². The number of nitrogens with one attached hydrogen (secondary N) is 2. The summed E-state index contributed by atoms with van der Waals surface area (Å²) in [6.45, 7) is 1.84. The van der Waals surface area contributed by atoms with Gasteiger partial charge in [-0.2, -0.15) is 0 Å². The average Bonchev–Trinajstić information content (AvgIpc) is 2.59. The van der Waals surface area contributed by atoms with Crippen molar-refractivity contribution in [2.24, 2.45) is 0 Å². The summed E-state index contributed by atoms with van der Waals surface area (Å²) in [5.41, 5.74) is 1.60. The molecule has 0 fully saturated rings. The number of aromatic amines is 1. The van der Waals surface area contributed by atoms with Crippen molar-refractivity contribution in [1.82, 2.24) is 15.3 Å². The third-order valence-corrected chi connectivity index (χ3v) is 4.11. The van der Waals surface area contributed by atoms with E-state index in [2.05, 4.69) is 15.3 Å². The highest BCUT2D eigenvalue weighted by molar-refractivity contribution is 5.77. The van der Waals surface area contributed by atoms with Crippen molar-refractivity contribution in [1.29, 1.82) is 0 Å². The van der Waals surface area contributed by atoms with Gasteiger partial charge in [-0.25, -0.2) is 13.8 Å². The van der Waals surface area contributed by atoms with Crippen LogP contribution in [0.2, 0.25) is 0 Å². The number of rotatable bonds is 5. The molecular weight excluding hydrogens is 340 g/mol. The summed E-state index contributed by atoms with van der Waals surface area (Å²) in [6.07, 6.45) is 1.16. The van der Waals surface area contributed by atoms with Crippen LogP contribution in [-0.4, -0.2) is 15.9 Å². The Bertz CT molecular complexity index is 997. The minimum Gasteiger partial charge on any atom is -0.352 e. The zero-order chi connectivity index (χ0) is 18.7. The van der Waals surface area contributed by atoms with E-state index in [0.29, 0.717) is 11.0 Å². The summed E-state index contributed by atoms with van der Waals surface area (Å²) < 4.78 is 27.6. The van der Waals surface area contributed by atoms with Crippen LogP contribution in [0.4, 0.5) is 8.78 Å². The molecule has 5 nitrogen and oxygen atoms in total. The third kappa shape index (κ3) is 3.93. The maximum absolute atomic E-state index is 13.8. The third-order valence-electron chi connectivity index (χ3n) is 4.11. The maximum atomic E-state index is 13.8. The minimum absolute atomic E-state index is 0.0379. The molecule has 26 heavy (non-hydrogen) atoms. The molecular formula is C19H17F2N3O2. The van der Waals surface area contributed by atoms with Gasteiger partial charge in [0.15, 0.2) is 0 Å². The number of H-pyrrole nitrogens is 1. The largest absolute Gasteiger partial charge is 0.352 e. The molecule has 1 heterocycles. The Kier molecular flexibility index (Phi) is 5.06. The van der Waals surface area contributed by atoms with Crippen LogP contribution in [0.5, 0.6) is 0 Å². The highest BCUT2D eigenvalue weighted by Crippen LogP contribution is 2.25. The van der Waals surface area contributed by atoms with Gasteiger partial charge >= 0.3 is 0 Å². The zero-order valence-corrected chi connectivity index (χ0v) is 14.1. The highest BCUT2D eigenvalue weighted by Gasteiger charge is 2.18. The fraction of sp³-hybridized carbons (Fsp3) is 0.211. The first kappa shape index (κ1) is 17.7. The van der Waals surface area contributed by atoms with Crippen molar-refractivity contribution in [2.75, 3.05) is 0 Å². The lowest BCUT2D eigenvalue weighted by molar-refractivity contribution is -0.121. The Labute approximate surface area is 148 Å². The predicted octanol–water partition coefficient (Wildman–Crippen LogP) is 3.01. The summed E-state index contributed by atoms with van der Waals surface area (Å²) >= 11 is 0. The van der Waals surface area contributed by atoms with E-state index in [0.717, 1.165) is 5.56 Å². The summed E-state index contributed by atoms with van der Waals surface area (Å²) in [5, 5.41) is 2.72. The number of hydrogen-bond donors (Lipinski definition) is 2. The van der Waals surface area contributed by atoms with Crippen molar-refractivity contribution >= 4 is 16.9 Å². The van der Waals surface area contributed by atoms with E-state index >= 15 is 0 Å². The standard InChI is InChI=1S/C19H17F2N3O2/c1-11(19-13(20)3-2-4-14(19)21)7-17(25)23-9-12-5-6-15-16(8-12)24-18(26)10-22-15/h2-6,8,10-11H,7,9H2,1H3,(H,23,25)(H,24,26). The molecule has 3 rings (SSSR count). The Balaban J connectivity index is 1.64. The average molecular weight is 357 g/mol. The lowest BCUT2D eigenvalue weighted by Crippen LogP contribution is -2.24. The van der Waals surface area contributed by atoms with Crippen LogP contribution >= 0.6 is 0 Å². The second kappa shape index (κ2) is 7.43. The molecule has 134 valence electrons. The summed E-state index contributed by atoms with van der Waals surface area (Å²) in [6, 6.07) is 8.90. The van der Waals surface area contributed by atoms with Crippen molar-refractivity contribution < 1.29 is 13.6 Å². The fourth-order valence-electron chi connectivity index (χ4n) is 2.83. The number of halogens is 2. The predicted molar refractivity (Wildman–Crippen MR) is 93.6 cm³/mol. The molecule has 0 saturated carbocycles. The van der Waals surface area contributed by atoms with Crippen LogP contribution < -0.4 is 10.9 Å². The molecule has 1 aromatic heterocycles. The quantitative estimate of drug-likeness (QED) is 0.737. The maximum Gasteiger partial charge on any atom is 0.266 e. The van der Waals surface area contributed by atoms with E-state index < -0.39 is 17.6 Å². The zero-order valence-electron chi connectivity index (χ0n) is 14.1. The second-order valence-corrected chi connectivity index (χ2v) is 6.12. The van der Waals surface area contributed by atoms with Gasteiger partial charge in [0, 0.05) is 18.5 Å². The molecule has 0 saturated heterocycles. The summed E-state index contributed by atoms with van der Waals surface area (Å²) in [4.78, 5) is 30.1. The first-order valence-electron chi connectivity index (χ1n) is 8.12. The lowest BCUT2D eigenvalue weighted by atomic mass is 9.96. The van der Waals surface area contributed by atoms with E-state index in [-0.39, 0.29) is 30.0 Å². The molecule has 0 aliphatic heterocycles. The van der Waals surface area contributed by atoms with Gasteiger partial charge in [-0.3, -0.25) is 9.59 Å². The van der Waals surface area contributed by atoms with Crippen LogP contribution in [0.15, 0.2) is 47.4 Å².